The van der Waals surface area contributed by atoms with Crippen LogP contribution in [0.15, 0.2) is 18.2 Å². The number of halogens is 5. The van der Waals surface area contributed by atoms with Crippen molar-refractivity contribution in [2.45, 2.75) is 12.3 Å². The van der Waals surface area contributed by atoms with Crippen LogP contribution in [-0.4, -0.2) is 36.4 Å². The molecular weight excluding hydrogens is 306 g/mol. The zero-order chi connectivity index (χ0) is 15.3. The molecule has 9 heteroatoms. The molecule has 0 aromatic heterocycles. The van der Waals surface area contributed by atoms with Gasteiger partial charge in [-0.05, 0) is 18.2 Å². The van der Waals surface area contributed by atoms with E-state index in [1.54, 1.807) is 0 Å². The fraction of sp³-hybridized carbons (Fsp3) is 0.364. The highest BCUT2D eigenvalue weighted by Gasteiger charge is 2.38. The third kappa shape index (κ3) is 5.22. The summed E-state index contributed by atoms with van der Waals surface area (Å²) in [5, 5.41) is 10.4. The molecule has 20 heavy (non-hydrogen) atoms. The number of aliphatic hydroxyl groups is 1. The highest BCUT2D eigenvalue weighted by Crippen LogP contribution is 2.24. The lowest BCUT2D eigenvalue weighted by molar-refractivity contribution is -0.201. The lowest BCUT2D eigenvalue weighted by atomic mass is 10.3. The van der Waals surface area contributed by atoms with Gasteiger partial charge in [-0.15, -0.1) is 0 Å². The third-order valence-corrected chi connectivity index (χ3v) is 2.42. The Hall–Kier alpha value is -1.54. The monoisotopic (exact) mass is 315 g/mol. The van der Waals surface area contributed by atoms with Crippen LogP contribution in [-0.2, 0) is 4.79 Å². The van der Waals surface area contributed by atoms with Gasteiger partial charge in [0, 0.05) is 0 Å². The number of alkyl halides is 3. The summed E-state index contributed by atoms with van der Waals surface area (Å²) in [6.07, 6.45) is -7.46. The molecule has 0 bridgehead atoms. The number of benzene rings is 1. The Morgan fingerprint density at radius 1 is 1.45 bits per heavy atom. The molecule has 1 atom stereocenters. The zero-order valence-electron chi connectivity index (χ0n) is 9.88. The summed E-state index contributed by atoms with van der Waals surface area (Å²) in [6, 6.07) is 3.18. The summed E-state index contributed by atoms with van der Waals surface area (Å²) in [5.74, 6) is -1.46. The third-order valence-electron chi connectivity index (χ3n) is 2.12. The van der Waals surface area contributed by atoms with Crippen LogP contribution >= 0.6 is 11.6 Å². The Morgan fingerprint density at radius 3 is 2.65 bits per heavy atom. The molecule has 4 nitrogen and oxygen atoms in total. The lowest BCUT2D eigenvalue weighted by Crippen LogP contribution is -2.42. The van der Waals surface area contributed by atoms with Gasteiger partial charge in [0.25, 0.3) is 5.91 Å². The van der Waals surface area contributed by atoms with Crippen molar-refractivity contribution in [3.63, 3.8) is 0 Å². The van der Waals surface area contributed by atoms with Crippen LogP contribution in [0.1, 0.15) is 0 Å². The van der Waals surface area contributed by atoms with Gasteiger partial charge in [-0.3, -0.25) is 4.79 Å². The van der Waals surface area contributed by atoms with Crippen molar-refractivity contribution in [1.29, 1.82) is 0 Å². The normalized spacial score (nSPS) is 12.9. The molecule has 1 aromatic carbocycles. The van der Waals surface area contributed by atoms with Gasteiger partial charge in [-0.1, -0.05) is 11.6 Å². The molecule has 1 unspecified atom stereocenters. The van der Waals surface area contributed by atoms with Gasteiger partial charge in [-0.2, -0.15) is 13.2 Å². The van der Waals surface area contributed by atoms with Crippen molar-refractivity contribution in [1.82, 2.24) is 5.32 Å². The van der Waals surface area contributed by atoms with Crippen molar-refractivity contribution in [2.75, 3.05) is 13.2 Å². The SMILES string of the molecule is O=C(COc1ccc(F)cc1Cl)NCC(O)C(F)(F)F. The maximum atomic E-state index is 12.7. The molecule has 0 spiro atoms. The van der Waals surface area contributed by atoms with Gasteiger partial charge < -0.3 is 15.2 Å². The maximum absolute atomic E-state index is 12.7. The number of ether oxygens (including phenoxy) is 1. The molecule has 1 aromatic rings. The number of amides is 1. The van der Waals surface area contributed by atoms with E-state index in [-0.39, 0.29) is 10.8 Å². The van der Waals surface area contributed by atoms with Gasteiger partial charge >= 0.3 is 6.18 Å². The van der Waals surface area contributed by atoms with Gasteiger partial charge in [0.2, 0.25) is 0 Å². The van der Waals surface area contributed by atoms with Crippen LogP contribution in [0.5, 0.6) is 5.75 Å². The summed E-state index contributed by atoms with van der Waals surface area (Å²) in [6.45, 7) is -1.60. The fourth-order valence-electron chi connectivity index (χ4n) is 1.11. The highest BCUT2D eigenvalue weighted by molar-refractivity contribution is 6.32. The predicted molar refractivity (Wildman–Crippen MR) is 62.0 cm³/mol. The number of carbonyl (C=O) groups is 1. The second-order valence-corrected chi connectivity index (χ2v) is 4.13. The van der Waals surface area contributed by atoms with Crippen molar-refractivity contribution >= 4 is 17.5 Å². The number of hydrogen-bond acceptors (Lipinski definition) is 3. The van der Waals surface area contributed by atoms with Crippen LogP contribution < -0.4 is 10.1 Å². The summed E-state index contributed by atoms with van der Waals surface area (Å²) >= 11 is 5.61. The molecular formula is C11H10ClF4NO3. The summed E-state index contributed by atoms with van der Waals surface area (Å²) < 4.78 is 53.5. The smallest absolute Gasteiger partial charge is 0.416 e. The van der Waals surface area contributed by atoms with Crippen LogP contribution in [0.25, 0.3) is 0 Å². The van der Waals surface area contributed by atoms with E-state index in [2.05, 4.69) is 0 Å². The molecule has 2 N–H and O–H groups in total. The average Bonchev–Trinajstić information content (AvgIpc) is 2.33. The van der Waals surface area contributed by atoms with Crippen molar-refractivity contribution in [2.24, 2.45) is 0 Å². The molecule has 0 aliphatic carbocycles. The van der Waals surface area contributed by atoms with E-state index in [9.17, 15) is 22.4 Å². The van der Waals surface area contributed by atoms with E-state index in [0.717, 1.165) is 12.1 Å². The number of hydrogen-bond donors (Lipinski definition) is 2. The molecule has 0 aliphatic heterocycles. The molecule has 0 fully saturated rings. The Kier molecular flexibility index (Phi) is 5.58. The minimum atomic E-state index is -4.81. The fourth-order valence-corrected chi connectivity index (χ4v) is 1.33. The lowest BCUT2D eigenvalue weighted by Gasteiger charge is -2.15. The molecule has 0 saturated carbocycles. The topological polar surface area (TPSA) is 58.6 Å². The molecule has 1 rings (SSSR count). The predicted octanol–water partition coefficient (Wildman–Crippen LogP) is 1.90. The largest absolute Gasteiger partial charge is 0.482 e. The quantitative estimate of drug-likeness (QED) is 0.816. The number of nitrogens with one attached hydrogen (secondary N) is 1. The highest BCUT2D eigenvalue weighted by atomic mass is 35.5. The van der Waals surface area contributed by atoms with Gasteiger partial charge in [-0.25, -0.2) is 4.39 Å². The van der Waals surface area contributed by atoms with Gasteiger partial charge in [0.15, 0.2) is 12.7 Å². The van der Waals surface area contributed by atoms with Crippen molar-refractivity contribution in [3.05, 3.63) is 29.0 Å². The minimum absolute atomic E-state index is 0.0135. The summed E-state index contributed by atoms with van der Waals surface area (Å²) in [4.78, 5) is 11.2. The molecule has 1 amide bonds. The number of aliphatic hydroxyl groups excluding tert-OH is 1. The first kappa shape index (κ1) is 16.5. The first-order valence-electron chi connectivity index (χ1n) is 5.29. The Labute approximate surface area is 116 Å². The number of rotatable bonds is 5. The van der Waals surface area contributed by atoms with Gasteiger partial charge in [0.05, 0.1) is 11.6 Å². The summed E-state index contributed by atoms with van der Waals surface area (Å²) in [7, 11) is 0. The minimum Gasteiger partial charge on any atom is -0.482 e. The number of carbonyl (C=O) groups excluding carboxylic acids is 1. The molecule has 0 aliphatic rings. The Bertz CT molecular complexity index is 481. The second kappa shape index (κ2) is 6.76. The van der Waals surface area contributed by atoms with E-state index in [4.69, 9.17) is 21.4 Å². The Balaban J connectivity index is 2.40. The van der Waals surface area contributed by atoms with E-state index in [1.807, 2.05) is 5.32 Å². The van der Waals surface area contributed by atoms with Crippen LogP contribution in [0.4, 0.5) is 17.6 Å². The van der Waals surface area contributed by atoms with E-state index < -0.39 is 37.2 Å². The van der Waals surface area contributed by atoms with Crippen LogP contribution in [0.3, 0.4) is 0 Å². The average molecular weight is 316 g/mol. The summed E-state index contributed by atoms with van der Waals surface area (Å²) in [5.41, 5.74) is 0. The first-order valence-corrected chi connectivity index (χ1v) is 5.67. The van der Waals surface area contributed by atoms with E-state index >= 15 is 0 Å². The van der Waals surface area contributed by atoms with Crippen LogP contribution in [0, 0.1) is 5.82 Å². The van der Waals surface area contributed by atoms with Crippen molar-refractivity contribution < 1.29 is 32.2 Å². The van der Waals surface area contributed by atoms with Gasteiger partial charge in [0.1, 0.15) is 11.6 Å². The van der Waals surface area contributed by atoms with E-state index in [0.29, 0.717) is 0 Å². The van der Waals surface area contributed by atoms with E-state index in [1.165, 1.54) is 6.07 Å². The standard InChI is InChI=1S/C11H10ClF4NO3/c12-7-3-6(13)1-2-8(7)20-5-10(19)17-4-9(18)11(14,15)16/h1-3,9,18H,4-5H2,(H,17,19). The molecule has 0 saturated heterocycles. The van der Waals surface area contributed by atoms with Crippen LogP contribution in [0.2, 0.25) is 5.02 Å². The molecule has 0 radical (unpaired) electrons. The second-order valence-electron chi connectivity index (χ2n) is 3.72. The molecule has 112 valence electrons. The van der Waals surface area contributed by atoms with Crippen molar-refractivity contribution in [3.8, 4) is 5.75 Å². The maximum Gasteiger partial charge on any atom is 0.416 e. The molecule has 0 heterocycles. The zero-order valence-corrected chi connectivity index (χ0v) is 10.6. The Morgan fingerprint density at radius 2 is 2.10 bits per heavy atom. The first-order chi connectivity index (χ1) is 9.20.